The van der Waals surface area contributed by atoms with E-state index in [0.717, 1.165) is 11.5 Å². The zero-order chi connectivity index (χ0) is 14.3. The fourth-order valence-corrected chi connectivity index (χ4v) is 2.06. The summed E-state index contributed by atoms with van der Waals surface area (Å²) in [6.07, 6.45) is 1.62. The quantitative estimate of drug-likeness (QED) is 0.696. The molecule has 0 fully saturated rings. The number of primary amides is 1. The van der Waals surface area contributed by atoms with Crippen LogP contribution in [0.25, 0.3) is 16.6 Å². The molecule has 0 aliphatic heterocycles. The number of nitrogens with two attached hydrogens (primary N) is 2. The number of carbonyl (C=O) groups is 1. The highest BCUT2D eigenvalue weighted by atomic mass is 19.1. The van der Waals surface area contributed by atoms with Gasteiger partial charge in [0.05, 0.1) is 11.7 Å². The first-order valence-corrected chi connectivity index (χ1v) is 5.89. The van der Waals surface area contributed by atoms with E-state index in [0.29, 0.717) is 11.2 Å². The Morgan fingerprint density at radius 1 is 1.20 bits per heavy atom. The van der Waals surface area contributed by atoms with Gasteiger partial charge in [-0.3, -0.25) is 4.79 Å². The molecule has 0 saturated carbocycles. The summed E-state index contributed by atoms with van der Waals surface area (Å²) in [5.41, 5.74) is 12.5. The minimum Gasteiger partial charge on any atom is -0.399 e. The highest BCUT2D eigenvalue weighted by Crippen LogP contribution is 2.22. The van der Waals surface area contributed by atoms with E-state index in [1.807, 2.05) is 6.07 Å². The molecular formula is C14H11FN4O. The Labute approximate surface area is 113 Å². The molecule has 0 atom stereocenters. The summed E-state index contributed by atoms with van der Waals surface area (Å²) in [6.45, 7) is 0. The number of nitrogens with zero attached hydrogens (tertiary/aromatic N) is 2. The lowest BCUT2D eigenvalue weighted by molar-refractivity contribution is 0.1000. The molecule has 0 radical (unpaired) electrons. The van der Waals surface area contributed by atoms with Crippen LogP contribution in [0.15, 0.2) is 42.6 Å². The maximum Gasteiger partial charge on any atom is 0.248 e. The van der Waals surface area contributed by atoms with Crippen molar-refractivity contribution in [3.05, 3.63) is 54.0 Å². The summed E-state index contributed by atoms with van der Waals surface area (Å²) in [5, 5.41) is 4.99. The third-order valence-corrected chi connectivity index (χ3v) is 3.06. The number of benzene rings is 2. The van der Waals surface area contributed by atoms with Crippen molar-refractivity contribution in [2.24, 2.45) is 5.73 Å². The molecule has 0 aliphatic rings. The largest absolute Gasteiger partial charge is 0.399 e. The van der Waals surface area contributed by atoms with Crippen molar-refractivity contribution in [2.45, 2.75) is 0 Å². The second kappa shape index (κ2) is 4.34. The first-order valence-electron chi connectivity index (χ1n) is 5.89. The van der Waals surface area contributed by atoms with Gasteiger partial charge in [-0.1, -0.05) is 0 Å². The van der Waals surface area contributed by atoms with Crippen LogP contribution in [0.5, 0.6) is 0 Å². The van der Waals surface area contributed by atoms with Gasteiger partial charge in [0.2, 0.25) is 5.91 Å². The van der Waals surface area contributed by atoms with E-state index in [1.54, 1.807) is 18.3 Å². The van der Waals surface area contributed by atoms with Gasteiger partial charge in [0.15, 0.2) is 0 Å². The van der Waals surface area contributed by atoms with Crippen LogP contribution in [-0.4, -0.2) is 15.7 Å². The summed E-state index contributed by atoms with van der Waals surface area (Å²) in [5.74, 6) is -1.25. The van der Waals surface area contributed by atoms with Gasteiger partial charge in [-0.05, 0) is 36.4 Å². The molecule has 0 bridgehead atoms. The first kappa shape index (κ1) is 12.2. The molecule has 1 heterocycles. The molecule has 5 nitrogen and oxygen atoms in total. The molecule has 6 heteroatoms. The number of hydrogen-bond acceptors (Lipinski definition) is 3. The minimum absolute atomic E-state index is 0.113. The second-order valence-electron chi connectivity index (χ2n) is 4.41. The van der Waals surface area contributed by atoms with Gasteiger partial charge in [0.25, 0.3) is 0 Å². The molecular weight excluding hydrogens is 259 g/mol. The molecule has 0 unspecified atom stereocenters. The maximum absolute atomic E-state index is 14.1. The molecule has 3 aromatic rings. The normalized spacial score (nSPS) is 10.8. The molecule has 0 saturated heterocycles. The van der Waals surface area contributed by atoms with Crippen molar-refractivity contribution in [3.63, 3.8) is 0 Å². The van der Waals surface area contributed by atoms with E-state index in [1.165, 1.54) is 16.8 Å². The summed E-state index contributed by atoms with van der Waals surface area (Å²) >= 11 is 0. The zero-order valence-corrected chi connectivity index (χ0v) is 10.4. The number of nitrogen functional groups attached to an aromatic ring is 1. The van der Waals surface area contributed by atoms with E-state index in [2.05, 4.69) is 5.10 Å². The van der Waals surface area contributed by atoms with Crippen LogP contribution in [0.2, 0.25) is 0 Å². The Kier molecular flexibility index (Phi) is 2.64. The summed E-state index contributed by atoms with van der Waals surface area (Å²) in [6, 6.07) is 9.29. The fourth-order valence-electron chi connectivity index (χ4n) is 2.06. The van der Waals surface area contributed by atoms with Gasteiger partial charge >= 0.3 is 0 Å². The predicted molar refractivity (Wildman–Crippen MR) is 74.0 cm³/mol. The van der Waals surface area contributed by atoms with E-state index < -0.39 is 11.7 Å². The topological polar surface area (TPSA) is 86.9 Å². The lowest BCUT2D eigenvalue weighted by atomic mass is 10.2. The smallest absolute Gasteiger partial charge is 0.248 e. The van der Waals surface area contributed by atoms with Crippen molar-refractivity contribution in [2.75, 3.05) is 5.73 Å². The molecule has 1 aromatic heterocycles. The van der Waals surface area contributed by atoms with Crippen molar-refractivity contribution in [1.29, 1.82) is 0 Å². The van der Waals surface area contributed by atoms with Gasteiger partial charge in [0, 0.05) is 16.6 Å². The van der Waals surface area contributed by atoms with Crippen LogP contribution >= 0.6 is 0 Å². The van der Waals surface area contributed by atoms with Crippen molar-refractivity contribution in [3.8, 4) is 5.69 Å². The monoisotopic (exact) mass is 270 g/mol. The first-order chi connectivity index (χ1) is 9.56. The van der Waals surface area contributed by atoms with Crippen LogP contribution in [0, 0.1) is 5.82 Å². The Balaban J connectivity index is 2.20. The number of hydrogen-bond donors (Lipinski definition) is 2. The van der Waals surface area contributed by atoms with Crippen molar-refractivity contribution < 1.29 is 9.18 Å². The zero-order valence-electron chi connectivity index (χ0n) is 10.4. The Morgan fingerprint density at radius 2 is 2.00 bits per heavy atom. The lowest BCUT2D eigenvalue weighted by Crippen LogP contribution is -2.12. The molecule has 100 valence electrons. The van der Waals surface area contributed by atoms with Crippen molar-refractivity contribution in [1.82, 2.24) is 9.78 Å². The number of anilines is 1. The van der Waals surface area contributed by atoms with E-state index in [-0.39, 0.29) is 11.3 Å². The van der Waals surface area contributed by atoms with Gasteiger partial charge < -0.3 is 11.5 Å². The molecule has 20 heavy (non-hydrogen) atoms. The third kappa shape index (κ3) is 1.87. The number of halogens is 1. The summed E-state index contributed by atoms with van der Waals surface area (Å²) in [4.78, 5) is 11.0. The molecule has 0 aliphatic carbocycles. The summed E-state index contributed by atoms with van der Waals surface area (Å²) < 4.78 is 15.5. The van der Waals surface area contributed by atoms with Crippen molar-refractivity contribution >= 4 is 22.5 Å². The third-order valence-electron chi connectivity index (χ3n) is 3.06. The number of rotatable bonds is 2. The highest BCUT2D eigenvalue weighted by Gasteiger charge is 2.12. The second-order valence-corrected chi connectivity index (χ2v) is 4.41. The summed E-state index contributed by atoms with van der Waals surface area (Å²) in [7, 11) is 0. The standard InChI is InChI=1S/C14H11FN4O/c15-11-5-8(14(17)20)2-4-12(11)19-13-6-10(16)3-1-9(13)7-18-19/h1-7H,16H2,(H2,17,20). The molecule has 3 rings (SSSR count). The number of amides is 1. The Bertz CT molecular complexity index is 825. The van der Waals surface area contributed by atoms with Crippen LogP contribution in [0.4, 0.5) is 10.1 Å². The molecule has 4 N–H and O–H groups in total. The Morgan fingerprint density at radius 3 is 2.70 bits per heavy atom. The Hall–Kier alpha value is -2.89. The van der Waals surface area contributed by atoms with Gasteiger partial charge in [-0.25, -0.2) is 9.07 Å². The number of carbonyl (C=O) groups excluding carboxylic acids is 1. The highest BCUT2D eigenvalue weighted by molar-refractivity contribution is 5.93. The average molecular weight is 270 g/mol. The molecule has 1 amide bonds. The van der Waals surface area contributed by atoms with Gasteiger partial charge in [-0.15, -0.1) is 0 Å². The van der Waals surface area contributed by atoms with E-state index in [4.69, 9.17) is 11.5 Å². The maximum atomic E-state index is 14.1. The van der Waals surface area contributed by atoms with Crippen LogP contribution in [-0.2, 0) is 0 Å². The van der Waals surface area contributed by atoms with Gasteiger partial charge in [-0.2, -0.15) is 5.10 Å². The average Bonchev–Trinajstić information content (AvgIpc) is 2.81. The molecule has 0 spiro atoms. The fraction of sp³-hybridized carbons (Fsp3) is 0. The van der Waals surface area contributed by atoms with Gasteiger partial charge in [0.1, 0.15) is 11.5 Å². The van der Waals surface area contributed by atoms with Crippen LogP contribution in [0.3, 0.4) is 0 Å². The molecule has 2 aromatic carbocycles. The predicted octanol–water partition coefficient (Wildman–Crippen LogP) is 1.85. The van der Waals surface area contributed by atoms with E-state index in [9.17, 15) is 9.18 Å². The minimum atomic E-state index is -0.676. The SMILES string of the molecule is NC(=O)c1ccc(-n2ncc3ccc(N)cc32)c(F)c1. The number of fused-ring (bicyclic) bond motifs is 1. The van der Waals surface area contributed by atoms with Crippen LogP contribution in [0.1, 0.15) is 10.4 Å². The van der Waals surface area contributed by atoms with E-state index >= 15 is 0 Å². The number of aromatic nitrogens is 2. The lowest BCUT2D eigenvalue weighted by Gasteiger charge is -2.06. The van der Waals surface area contributed by atoms with Crippen LogP contribution < -0.4 is 11.5 Å².